The van der Waals surface area contributed by atoms with Crippen molar-refractivity contribution in [3.05, 3.63) is 106 Å². The van der Waals surface area contributed by atoms with E-state index in [-0.39, 0.29) is 17.9 Å². The highest BCUT2D eigenvalue weighted by Gasteiger charge is 2.43. The highest BCUT2D eigenvalue weighted by molar-refractivity contribution is 6.30. The lowest BCUT2D eigenvalue weighted by Crippen LogP contribution is -2.30. The molecule has 2 aliphatic rings. The number of amides is 1. The number of nitrogens with zero attached hydrogens (tertiary/aromatic N) is 2. The number of benzene rings is 3. The van der Waals surface area contributed by atoms with E-state index in [4.69, 9.17) is 26.2 Å². The Morgan fingerprint density at radius 1 is 0.919 bits per heavy atom. The lowest BCUT2D eigenvalue weighted by atomic mass is 9.77. The SMILES string of the molecule is COc1ccc(/C=C2/CCC[C@@H]3C2=NN(C(=O)/C=C/c2ccc(Cl)cc2)[C@@H]3c2ccc(OC)cc2)cc1. The van der Waals surface area contributed by atoms with E-state index in [1.807, 2.05) is 72.8 Å². The first kappa shape index (κ1) is 24.8. The lowest BCUT2D eigenvalue weighted by Gasteiger charge is -2.29. The van der Waals surface area contributed by atoms with Crippen LogP contribution in [0, 0.1) is 5.92 Å². The van der Waals surface area contributed by atoms with E-state index in [9.17, 15) is 4.79 Å². The molecule has 5 rings (SSSR count). The fraction of sp³-hybridized carbons (Fsp3) is 0.226. The Hall–Kier alpha value is -3.83. The van der Waals surface area contributed by atoms with Gasteiger partial charge in [-0.25, -0.2) is 5.01 Å². The summed E-state index contributed by atoms with van der Waals surface area (Å²) in [5, 5.41) is 7.27. The molecular formula is C31H29ClN2O3. The number of fused-ring (bicyclic) bond motifs is 1. The number of rotatable bonds is 6. The van der Waals surface area contributed by atoms with Gasteiger partial charge < -0.3 is 9.47 Å². The molecule has 188 valence electrons. The number of allylic oxidation sites excluding steroid dienone is 1. The molecule has 1 amide bonds. The zero-order valence-electron chi connectivity index (χ0n) is 20.9. The molecule has 5 nitrogen and oxygen atoms in total. The summed E-state index contributed by atoms with van der Waals surface area (Å²) in [5.41, 5.74) is 5.21. The van der Waals surface area contributed by atoms with Crippen LogP contribution in [-0.2, 0) is 4.79 Å². The van der Waals surface area contributed by atoms with Gasteiger partial charge in [0.2, 0.25) is 0 Å². The van der Waals surface area contributed by atoms with Gasteiger partial charge in [-0.05, 0) is 90.1 Å². The van der Waals surface area contributed by atoms with Gasteiger partial charge in [-0.3, -0.25) is 4.79 Å². The van der Waals surface area contributed by atoms with Crippen molar-refractivity contribution < 1.29 is 14.3 Å². The van der Waals surface area contributed by atoms with Crippen molar-refractivity contribution in [3.8, 4) is 11.5 Å². The minimum absolute atomic E-state index is 0.125. The van der Waals surface area contributed by atoms with Gasteiger partial charge in [0.1, 0.15) is 11.5 Å². The van der Waals surface area contributed by atoms with Crippen molar-refractivity contribution in [2.75, 3.05) is 14.2 Å². The van der Waals surface area contributed by atoms with E-state index in [0.717, 1.165) is 53.2 Å². The van der Waals surface area contributed by atoms with Gasteiger partial charge in [0.15, 0.2) is 0 Å². The predicted octanol–water partition coefficient (Wildman–Crippen LogP) is 7.19. The van der Waals surface area contributed by atoms with Crippen LogP contribution in [0.5, 0.6) is 11.5 Å². The molecular weight excluding hydrogens is 484 g/mol. The van der Waals surface area contributed by atoms with Crippen LogP contribution >= 0.6 is 11.6 Å². The first-order valence-corrected chi connectivity index (χ1v) is 12.8. The van der Waals surface area contributed by atoms with Crippen LogP contribution < -0.4 is 9.47 Å². The van der Waals surface area contributed by atoms with E-state index in [1.165, 1.54) is 5.57 Å². The summed E-state index contributed by atoms with van der Waals surface area (Å²) in [5.74, 6) is 1.58. The van der Waals surface area contributed by atoms with Gasteiger partial charge in [-0.15, -0.1) is 0 Å². The number of ether oxygens (including phenoxy) is 2. The van der Waals surface area contributed by atoms with E-state index >= 15 is 0 Å². The summed E-state index contributed by atoms with van der Waals surface area (Å²) >= 11 is 6.01. The summed E-state index contributed by atoms with van der Waals surface area (Å²) in [6.07, 6.45) is 8.53. The topological polar surface area (TPSA) is 51.1 Å². The maximum Gasteiger partial charge on any atom is 0.267 e. The molecule has 0 bridgehead atoms. The first-order chi connectivity index (χ1) is 18.1. The molecule has 1 aliphatic carbocycles. The molecule has 0 spiro atoms. The van der Waals surface area contributed by atoms with Gasteiger partial charge in [0, 0.05) is 17.0 Å². The summed E-state index contributed by atoms with van der Waals surface area (Å²) in [4.78, 5) is 13.5. The number of carbonyl (C=O) groups is 1. The maximum absolute atomic E-state index is 13.5. The molecule has 3 aromatic carbocycles. The molecule has 37 heavy (non-hydrogen) atoms. The van der Waals surface area contributed by atoms with Gasteiger partial charge >= 0.3 is 0 Å². The average Bonchev–Trinajstić information content (AvgIpc) is 3.34. The molecule has 6 heteroatoms. The molecule has 0 saturated heterocycles. The van der Waals surface area contributed by atoms with Crippen LogP contribution in [0.4, 0.5) is 0 Å². The number of hydrogen-bond donors (Lipinski definition) is 0. The van der Waals surface area contributed by atoms with Crippen molar-refractivity contribution in [3.63, 3.8) is 0 Å². The Bertz CT molecular complexity index is 1340. The Balaban J connectivity index is 1.49. The number of hydrogen-bond acceptors (Lipinski definition) is 4. The summed E-state index contributed by atoms with van der Waals surface area (Å²) < 4.78 is 10.7. The Labute approximate surface area is 222 Å². The number of halogens is 1. The normalized spacial score (nSPS) is 20.1. The van der Waals surface area contributed by atoms with Gasteiger partial charge in [-0.1, -0.05) is 48.0 Å². The summed E-state index contributed by atoms with van der Waals surface area (Å²) in [6, 6.07) is 23.2. The van der Waals surface area contributed by atoms with E-state index in [2.05, 4.69) is 6.08 Å². The van der Waals surface area contributed by atoms with Crippen molar-refractivity contribution in [1.29, 1.82) is 0 Å². The third kappa shape index (κ3) is 5.47. The summed E-state index contributed by atoms with van der Waals surface area (Å²) in [6.45, 7) is 0. The van der Waals surface area contributed by atoms with E-state index < -0.39 is 0 Å². The molecule has 0 N–H and O–H groups in total. The number of hydrazone groups is 1. The second-order valence-electron chi connectivity index (χ2n) is 9.21. The molecule has 0 unspecified atom stereocenters. The molecule has 0 aromatic heterocycles. The lowest BCUT2D eigenvalue weighted by molar-refractivity contribution is -0.128. The Morgan fingerprint density at radius 3 is 2.19 bits per heavy atom. The van der Waals surface area contributed by atoms with Crippen LogP contribution in [0.25, 0.3) is 12.2 Å². The average molecular weight is 513 g/mol. The zero-order valence-corrected chi connectivity index (χ0v) is 21.7. The van der Waals surface area contributed by atoms with Crippen molar-refractivity contribution >= 4 is 35.4 Å². The Morgan fingerprint density at radius 2 is 1.54 bits per heavy atom. The third-order valence-corrected chi connectivity index (χ3v) is 7.18. The highest BCUT2D eigenvalue weighted by atomic mass is 35.5. The summed E-state index contributed by atoms with van der Waals surface area (Å²) in [7, 11) is 3.32. The second kappa shape index (κ2) is 11.1. The van der Waals surface area contributed by atoms with Crippen molar-refractivity contribution in [1.82, 2.24) is 5.01 Å². The molecule has 1 aliphatic heterocycles. The molecule has 1 saturated carbocycles. The van der Waals surface area contributed by atoms with E-state index in [0.29, 0.717) is 5.02 Å². The van der Waals surface area contributed by atoms with Crippen LogP contribution in [-0.4, -0.2) is 30.8 Å². The van der Waals surface area contributed by atoms with Crippen LogP contribution in [0.3, 0.4) is 0 Å². The predicted molar refractivity (Wildman–Crippen MR) is 149 cm³/mol. The number of methoxy groups -OCH3 is 2. The molecule has 2 atom stereocenters. The van der Waals surface area contributed by atoms with Crippen molar-refractivity contribution in [2.45, 2.75) is 25.3 Å². The second-order valence-corrected chi connectivity index (χ2v) is 9.65. The zero-order chi connectivity index (χ0) is 25.8. The first-order valence-electron chi connectivity index (χ1n) is 12.4. The van der Waals surface area contributed by atoms with Gasteiger partial charge in [-0.2, -0.15) is 5.10 Å². The largest absolute Gasteiger partial charge is 0.497 e. The maximum atomic E-state index is 13.5. The molecule has 1 heterocycles. The van der Waals surface area contributed by atoms with Crippen LogP contribution in [0.2, 0.25) is 5.02 Å². The third-order valence-electron chi connectivity index (χ3n) is 6.93. The smallest absolute Gasteiger partial charge is 0.267 e. The molecule has 0 radical (unpaired) electrons. The van der Waals surface area contributed by atoms with Crippen LogP contribution in [0.15, 0.2) is 89.5 Å². The van der Waals surface area contributed by atoms with Gasteiger partial charge in [0.25, 0.3) is 5.91 Å². The fourth-order valence-electron chi connectivity index (χ4n) is 5.04. The number of carbonyl (C=O) groups excluding carboxylic acids is 1. The van der Waals surface area contributed by atoms with Crippen LogP contribution in [0.1, 0.15) is 42.0 Å². The monoisotopic (exact) mass is 512 g/mol. The minimum Gasteiger partial charge on any atom is -0.497 e. The minimum atomic E-state index is -0.178. The Kier molecular flexibility index (Phi) is 7.42. The highest BCUT2D eigenvalue weighted by Crippen LogP contribution is 2.44. The van der Waals surface area contributed by atoms with Gasteiger partial charge in [0.05, 0.1) is 26.0 Å². The van der Waals surface area contributed by atoms with E-state index in [1.54, 1.807) is 31.4 Å². The molecule has 1 fully saturated rings. The molecule has 3 aromatic rings. The standard InChI is InChI=1S/C31H29ClN2O3/c1-36-26-15-8-22(9-16-26)20-24-4-3-5-28-30(24)33-34(31(28)23-11-17-27(37-2)18-12-23)29(35)19-10-21-6-13-25(32)14-7-21/h6-20,28,31H,3-5H2,1-2H3/b19-10+,24-20-/t28-,31-/m1/s1. The van der Waals surface area contributed by atoms with Crippen molar-refractivity contribution in [2.24, 2.45) is 11.0 Å². The quantitative estimate of drug-likeness (QED) is 0.328. The fourth-order valence-corrected chi connectivity index (χ4v) is 5.16.